The highest BCUT2D eigenvalue weighted by atomic mass is 79.9. The van der Waals surface area contributed by atoms with Gasteiger partial charge in [-0.05, 0) is 28.1 Å². The number of aliphatic carboxylic acids is 1. The normalized spacial score (nSPS) is 10.8. The van der Waals surface area contributed by atoms with Gasteiger partial charge in [0.2, 0.25) is 0 Å². The number of carboxylic acid groups (broad SMARTS) is 1. The number of aromatic nitrogens is 2. The first-order valence-electron chi connectivity index (χ1n) is 4.12. The summed E-state index contributed by atoms with van der Waals surface area (Å²) < 4.78 is 14.9. The van der Waals surface area contributed by atoms with Crippen molar-refractivity contribution in [1.82, 2.24) is 9.78 Å². The quantitative estimate of drug-likeness (QED) is 0.910. The van der Waals surface area contributed by atoms with Gasteiger partial charge in [-0.15, -0.1) is 0 Å². The first kappa shape index (κ1) is 10.1. The van der Waals surface area contributed by atoms with Crippen LogP contribution in [-0.2, 0) is 11.3 Å². The molecule has 15 heavy (non-hydrogen) atoms. The molecule has 0 aliphatic carbocycles. The third-order valence-corrected chi connectivity index (χ3v) is 2.74. The van der Waals surface area contributed by atoms with Crippen LogP contribution < -0.4 is 0 Å². The van der Waals surface area contributed by atoms with Crippen LogP contribution >= 0.6 is 15.9 Å². The standard InChI is InChI=1S/C9H6BrFN2O2/c10-9-8-5(11)2-1-3-6(8)12-13(9)4-7(14)15/h1-3H,4H2,(H,14,15). The summed E-state index contributed by atoms with van der Waals surface area (Å²) in [4.78, 5) is 10.5. The Labute approximate surface area is 92.4 Å². The van der Waals surface area contributed by atoms with E-state index >= 15 is 0 Å². The van der Waals surface area contributed by atoms with E-state index in [1.165, 1.54) is 16.8 Å². The molecule has 0 spiro atoms. The molecule has 0 bridgehead atoms. The van der Waals surface area contributed by atoms with Gasteiger partial charge >= 0.3 is 5.97 Å². The van der Waals surface area contributed by atoms with E-state index in [-0.39, 0.29) is 6.54 Å². The molecule has 4 nitrogen and oxygen atoms in total. The van der Waals surface area contributed by atoms with Crippen LogP contribution in [0.3, 0.4) is 0 Å². The second-order valence-electron chi connectivity index (χ2n) is 2.98. The van der Waals surface area contributed by atoms with E-state index in [9.17, 15) is 9.18 Å². The summed E-state index contributed by atoms with van der Waals surface area (Å²) in [5, 5.41) is 12.9. The van der Waals surface area contributed by atoms with Gasteiger partial charge in [-0.2, -0.15) is 5.10 Å². The molecule has 2 rings (SSSR count). The lowest BCUT2D eigenvalue weighted by Gasteiger charge is -1.96. The van der Waals surface area contributed by atoms with Gasteiger partial charge in [0.1, 0.15) is 17.0 Å². The van der Waals surface area contributed by atoms with Gasteiger partial charge in [-0.1, -0.05) is 6.07 Å². The maximum atomic E-state index is 13.4. The third kappa shape index (κ3) is 1.72. The number of fused-ring (bicyclic) bond motifs is 1. The van der Waals surface area contributed by atoms with Crippen LogP contribution in [-0.4, -0.2) is 20.9 Å². The van der Waals surface area contributed by atoms with Crippen LogP contribution in [0, 0.1) is 5.82 Å². The van der Waals surface area contributed by atoms with E-state index in [1.807, 2.05) is 0 Å². The van der Waals surface area contributed by atoms with Crippen LogP contribution in [0.1, 0.15) is 0 Å². The van der Waals surface area contributed by atoms with Crippen molar-refractivity contribution in [3.8, 4) is 0 Å². The van der Waals surface area contributed by atoms with Crippen molar-refractivity contribution in [2.24, 2.45) is 0 Å². The Morgan fingerprint density at radius 3 is 2.93 bits per heavy atom. The van der Waals surface area contributed by atoms with E-state index in [0.29, 0.717) is 15.5 Å². The Hall–Kier alpha value is -1.43. The van der Waals surface area contributed by atoms with Crippen molar-refractivity contribution >= 4 is 32.8 Å². The van der Waals surface area contributed by atoms with Crippen molar-refractivity contribution in [3.63, 3.8) is 0 Å². The van der Waals surface area contributed by atoms with Crippen molar-refractivity contribution in [3.05, 3.63) is 28.6 Å². The molecule has 0 saturated heterocycles. The summed E-state index contributed by atoms with van der Waals surface area (Å²) in [6, 6.07) is 4.46. The summed E-state index contributed by atoms with van der Waals surface area (Å²) in [5.74, 6) is -1.44. The number of carboxylic acids is 1. The Morgan fingerprint density at radius 2 is 2.33 bits per heavy atom. The van der Waals surface area contributed by atoms with Crippen molar-refractivity contribution in [2.45, 2.75) is 6.54 Å². The predicted molar refractivity (Wildman–Crippen MR) is 55.0 cm³/mol. The predicted octanol–water partition coefficient (Wildman–Crippen LogP) is 2.02. The summed E-state index contributed by atoms with van der Waals surface area (Å²) in [6.07, 6.45) is 0. The van der Waals surface area contributed by atoms with Crippen LogP contribution in [0.4, 0.5) is 4.39 Å². The molecule has 0 unspecified atom stereocenters. The fourth-order valence-electron chi connectivity index (χ4n) is 1.34. The van der Waals surface area contributed by atoms with Crippen LogP contribution in [0.15, 0.2) is 22.8 Å². The maximum absolute atomic E-state index is 13.4. The monoisotopic (exact) mass is 272 g/mol. The van der Waals surface area contributed by atoms with Gasteiger partial charge in [0, 0.05) is 0 Å². The third-order valence-electron chi connectivity index (χ3n) is 1.94. The molecule has 78 valence electrons. The molecule has 2 aromatic rings. The average molecular weight is 273 g/mol. The number of hydrogen-bond donors (Lipinski definition) is 1. The van der Waals surface area contributed by atoms with Gasteiger partial charge < -0.3 is 5.11 Å². The summed E-state index contributed by atoms with van der Waals surface area (Å²) in [7, 11) is 0. The zero-order valence-electron chi connectivity index (χ0n) is 7.44. The molecule has 0 aliphatic heterocycles. The SMILES string of the molecule is O=C(O)Cn1nc2cccc(F)c2c1Br. The molecular weight excluding hydrogens is 267 g/mol. The maximum Gasteiger partial charge on any atom is 0.325 e. The largest absolute Gasteiger partial charge is 0.480 e. The minimum atomic E-state index is -1.02. The first-order chi connectivity index (χ1) is 7.09. The highest BCUT2D eigenvalue weighted by molar-refractivity contribution is 9.10. The van der Waals surface area contributed by atoms with Crippen molar-refractivity contribution in [2.75, 3.05) is 0 Å². The first-order valence-corrected chi connectivity index (χ1v) is 4.91. The number of nitrogens with zero attached hydrogens (tertiary/aromatic N) is 2. The lowest BCUT2D eigenvalue weighted by molar-refractivity contribution is -0.137. The zero-order valence-corrected chi connectivity index (χ0v) is 9.03. The van der Waals surface area contributed by atoms with Gasteiger partial charge in [0.15, 0.2) is 0 Å². The average Bonchev–Trinajstić information content (AvgIpc) is 2.44. The summed E-state index contributed by atoms with van der Waals surface area (Å²) in [5.41, 5.74) is 0.433. The molecule has 0 amide bonds. The Bertz CT molecular complexity index is 538. The second kappa shape index (κ2) is 3.62. The summed E-state index contributed by atoms with van der Waals surface area (Å²) >= 11 is 3.13. The molecule has 1 N–H and O–H groups in total. The highest BCUT2D eigenvalue weighted by Crippen LogP contribution is 2.26. The lowest BCUT2D eigenvalue weighted by atomic mass is 10.2. The molecule has 1 aromatic carbocycles. The molecule has 0 fully saturated rings. The van der Waals surface area contributed by atoms with Gasteiger partial charge in [-0.25, -0.2) is 9.07 Å². The number of halogens is 2. The number of rotatable bonds is 2. The molecule has 1 heterocycles. The van der Waals surface area contributed by atoms with E-state index in [1.54, 1.807) is 6.07 Å². The van der Waals surface area contributed by atoms with Gasteiger partial charge in [0.05, 0.1) is 10.9 Å². The smallest absolute Gasteiger partial charge is 0.325 e. The molecule has 0 radical (unpaired) electrons. The van der Waals surface area contributed by atoms with Crippen molar-refractivity contribution in [1.29, 1.82) is 0 Å². The topological polar surface area (TPSA) is 55.1 Å². The molecule has 1 aromatic heterocycles. The number of hydrogen-bond acceptors (Lipinski definition) is 2. The molecule has 0 atom stereocenters. The summed E-state index contributed by atoms with van der Waals surface area (Å²) in [6.45, 7) is -0.297. The van der Waals surface area contributed by atoms with Gasteiger partial charge in [0.25, 0.3) is 0 Å². The van der Waals surface area contributed by atoms with Crippen LogP contribution in [0.2, 0.25) is 0 Å². The number of benzene rings is 1. The molecular formula is C9H6BrFN2O2. The lowest BCUT2D eigenvalue weighted by Crippen LogP contribution is -2.10. The van der Waals surface area contributed by atoms with Crippen molar-refractivity contribution < 1.29 is 14.3 Å². The minimum absolute atomic E-state index is 0.297. The van der Waals surface area contributed by atoms with Crippen LogP contribution in [0.25, 0.3) is 10.9 Å². The van der Waals surface area contributed by atoms with E-state index in [0.717, 1.165) is 0 Å². The van der Waals surface area contributed by atoms with Gasteiger partial charge in [-0.3, -0.25) is 4.79 Å². The molecule has 0 aliphatic rings. The highest BCUT2D eigenvalue weighted by Gasteiger charge is 2.13. The fourth-order valence-corrected chi connectivity index (χ4v) is 1.93. The Morgan fingerprint density at radius 1 is 1.60 bits per heavy atom. The zero-order chi connectivity index (χ0) is 11.0. The van der Waals surface area contributed by atoms with E-state index < -0.39 is 11.8 Å². The number of carbonyl (C=O) groups is 1. The Kier molecular flexibility index (Phi) is 2.44. The molecule has 0 saturated carbocycles. The van der Waals surface area contributed by atoms with Crippen LogP contribution in [0.5, 0.6) is 0 Å². The molecule has 6 heteroatoms. The minimum Gasteiger partial charge on any atom is -0.480 e. The fraction of sp³-hybridized carbons (Fsp3) is 0.111. The van der Waals surface area contributed by atoms with E-state index in [4.69, 9.17) is 5.11 Å². The Balaban J connectivity index is 2.64. The second-order valence-corrected chi connectivity index (χ2v) is 3.73. The van der Waals surface area contributed by atoms with E-state index in [2.05, 4.69) is 21.0 Å².